The van der Waals surface area contributed by atoms with Crippen LogP contribution in [0.25, 0.3) is 139 Å². The van der Waals surface area contributed by atoms with Gasteiger partial charge in [0.05, 0.1) is 16.7 Å². The summed E-state index contributed by atoms with van der Waals surface area (Å²) in [5.41, 5.74) is 15.8. The van der Waals surface area contributed by atoms with Gasteiger partial charge >= 0.3 is 0 Å². The molecule has 0 saturated heterocycles. The highest BCUT2D eigenvalue weighted by molar-refractivity contribution is 6.15. The van der Waals surface area contributed by atoms with Crippen molar-refractivity contribution in [3.63, 3.8) is 0 Å². The Labute approximate surface area is 396 Å². The molecule has 0 aliphatic carbocycles. The number of hydrogen-bond donors (Lipinski definition) is 0. The molecule has 14 aromatic rings. The molecule has 0 spiro atoms. The van der Waals surface area contributed by atoms with E-state index in [2.05, 4.69) is 174 Å². The van der Waals surface area contributed by atoms with Crippen molar-refractivity contribution in [1.29, 1.82) is 0 Å². The average molecular weight is 883 g/mol. The van der Waals surface area contributed by atoms with Crippen LogP contribution in [-0.2, 0) is 0 Å². The molecule has 4 aromatic heterocycles. The molecule has 0 aliphatic rings. The standard InChI is InChI=1S/C63H38N4O2/c1-4-15-39(16-5-1)41-27-29-43(30-28-41)62-64-61(42-19-8-3-9-20-42)65-63(66-62)49-23-14-26-57-60(49)48-33-31-45(36-58(48)69-57)50-37-52-47-22-11-13-25-56(47)68-59(52)38-55(50)67-53-24-12-10-21-46(53)51-35-44(32-34-54(51)67)40-17-6-2-7-18-40/h1-38H. The van der Waals surface area contributed by atoms with Crippen LogP contribution in [0.15, 0.2) is 239 Å². The van der Waals surface area contributed by atoms with Crippen LogP contribution in [0.5, 0.6) is 0 Å². The van der Waals surface area contributed by atoms with Crippen molar-refractivity contribution in [3.05, 3.63) is 231 Å². The van der Waals surface area contributed by atoms with Crippen molar-refractivity contribution < 1.29 is 8.83 Å². The summed E-state index contributed by atoms with van der Waals surface area (Å²) in [6.45, 7) is 0. The van der Waals surface area contributed by atoms with Crippen LogP contribution in [0.4, 0.5) is 0 Å². The van der Waals surface area contributed by atoms with Crippen molar-refractivity contribution >= 4 is 65.7 Å². The Morgan fingerprint density at radius 1 is 0.275 bits per heavy atom. The highest BCUT2D eigenvalue weighted by Gasteiger charge is 2.22. The minimum absolute atomic E-state index is 0.574. The summed E-state index contributed by atoms with van der Waals surface area (Å²) in [6.07, 6.45) is 0. The molecule has 6 nitrogen and oxygen atoms in total. The van der Waals surface area contributed by atoms with Crippen molar-refractivity contribution in [2.75, 3.05) is 0 Å². The molecular weight excluding hydrogens is 845 g/mol. The Kier molecular flexibility index (Phi) is 8.79. The lowest BCUT2D eigenvalue weighted by Gasteiger charge is -2.15. The fraction of sp³-hybridized carbons (Fsp3) is 0. The summed E-state index contributed by atoms with van der Waals surface area (Å²) < 4.78 is 15.8. The van der Waals surface area contributed by atoms with Crippen LogP contribution in [0, 0.1) is 0 Å². The lowest BCUT2D eigenvalue weighted by molar-refractivity contribution is 0.668. The molecule has 69 heavy (non-hydrogen) atoms. The molecule has 6 heteroatoms. The van der Waals surface area contributed by atoms with Gasteiger partial charge in [0.25, 0.3) is 0 Å². The first-order valence-electron chi connectivity index (χ1n) is 23.2. The SMILES string of the molecule is c1ccc(-c2ccc(-c3nc(-c4ccccc4)nc(-c4cccc5oc6cc(-c7cc8c(cc7-n7c9ccccc9c9cc(-c%10ccccc%10)ccc97)oc7ccccc78)ccc6c45)n3)cc2)cc1. The van der Waals surface area contributed by atoms with Crippen LogP contribution in [0.1, 0.15) is 0 Å². The summed E-state index contributed by atoms with van der Waals surface area (Å²) in [5.74, 6) is 1.78. The quantitative estimate of drug-likeness (QED) is 0.159. The van der Waals surface area contributed by atoms with Crippen molar-refractivity contribution in [2.24, 2.45) is 0 Å². The topological polar surface area (TPSA) is 69.9 Å². The zero-order chi connectivity index (χ0) is 45.4. The molecule has 322 valence electrons. The summed E-state index contributed by atoms with van der Waals surface area (Å²) in [5, 5.41) is 6.41. The summed E-state index contributed by atoms with van der Waals surface area (Å²) in [4.78, 5) is 15.4. The number of nitrogens with zero attached hydrogens (tertiary/aromatic N) is 4. The van der Waals surface area contributed by atoms with Gasteiger partial charge in [-0.3, -0.25) is 0 Å². The van der Waals surface area contributed by atoms with Gasteiger partial charge in [-0.15, -0.1) is 0 Å². The van der Waals surface area contributed by atoms with E-state index in [-0.39, 0.29) is 0 Å². The second-order valence-corrected chi connectivity index (χ2v) is 17.5. The molecule has 0 N–H and O–H groups in total. The zero-order valence-corrected chi connectivity index (χ0v) is 37.0. The van der Waals surface area contributed by atoms with E-state index in [0.29, 0.717) is 17.5 Å². The van der Waals surface area contributed by atoms with E-state index >= 15 is 0 Å². The van der Waals surface area contributed by atoms with Crippen LogP contribution < -0.4 is 0 Å². The number of para-hydroxylation sites is 2. The summed E-state index contributed by atoms with van der Waals surface area (Å²) in [7, 11) is 0. The van der Waals surface area contributed by atoms with Gasteiger partial charge in [0, 0.05) is 60.6 Å². The minimum atomic E-state index is 0.574. The van der Waals surface area contributed by atoms with E-state index in [1.165, 1.54) is 21.9 Å². The number of furan rings is 2. The first-order chi connectivity index (χ1) is 34.2. The predicted molar refractivity (Wildman–Crippen MR) is 281 cm³/mol. The lowest BCUT2D eigenvalue weighted by Crippen LogP contribution is -2.00. The lowest BCUT2D eigenvalue weighted by atomic mass is 9.98. The molecule has 0 fully saturated rings. The Balaban J connectivity index is 0.952. The Bertz CT molecular complexity index is 4290. The zero-order valence-electron chi connectivity index (χ0n) is 37.0. The first kappa shape index (κ1) is 38.8. The molecule has 14 rings (SSSR count). The summed E-state index contributed by atoms with van der Waals surface area (Å²) in [6, 6.07) is 80.4. The van der Waals surface area contributed by atoms with E-state index < -0.39 is 0 Å². The number of hydrogen-bond acceptors (Lipinski definition) is 5. The van der Waals surface area contributed by atoms with E-state index in [9.17, 15) is 0 Å². The third kappa shape index (κ3) is 6.45. The minimum Gasteiger partial charge on any atom is -0.456 e. The van der Waals surface area contributed by atoms with Crippen molar-refractivity contribution in [3.8, 4) is 73.2 Å². The second-order valence-electron chi connectivity index (χ2n) is 17.5. The molecular formula is C63H38N4O2. The van der Waals surface area contributed by atoms with Gasteiger partial charge in [-0.05, 0) is 76.3 Å². The molecule has 0 bridgehead atoms. The number of fused-ring (bicyclic) bond motifs is 9. The van der Waals surface area contributed by atoms with Gasteiger partial charge in [-0.25, -0.2) is 15.0 Å². The van der Waals surface area contributed by atoms with Crippen LogP contribution in [0.3, 0.4) is 0 Å². The molecule has 0 saturated carbocycles. The fourth-order valence-electron chi connectivity index (χ4n) is 10.2. The van der Waals surface area contributed by atoms with E-state index in [1.807, 2.05) is 60.7 Å². The monoisotopic (exact) mass is 882 g/mol. The number of aromatic nitrogens is 4. The maximum atomic E-state index is 6.83. The summed E-state index contributed by atoms with van der Waals surface area (Å²) >= 11 is 0. The van der Waals surface area contributed by atoms with Gasteiger partial charge < -0.3 is 13.4 Å². The van der Waals surface area contributed by atoms with E-state index in [4.69, 9.17) is 23.8 Å². The van der Waals surface area contributed by atoms with Crippen LogP contribution >= 0.6 is 0 Å². The van der Waals surface area contributed by atoms with E-state index in [1.54, 1.807) is 0 Å². The maximum Gasteiger partial charge on any atom is 0.164 e. The third-order valence-electron chi connectivity index (χ3n) is 13.5. The molecule has 0 radical (unpaired) electrons. The first-order valence-corrected chi connectivity index (χ1v) is 23.2. The molecule has 10 aromatic carbocycles. The van der Waals surface area contributed by atoms with Crippen molar-refractivity contribution in [1.82, 2.24) is 19.5 Å². The molecule has 0 unspecified atom stereocenters. The normalized spacial score (nSPS) is 11.8. The number of rotatable bonds is 7. The fourth-order valence-corrected chi connectivity index (χ4v) is 10.2. The highest BCUT2D eigenvalue weighted by atomic mass is 16.3. The third-order valence-corrected chi connectivity index (χ3v) is 13.5. The van der Waals surface area contributed by atoms with Gasteiger partial charge in [-0.2, -0.15) is 0 Å². The van der Waals surface area contributed by atoms with Crippen LogP contribution in [0.2, 0.25) is 0 Å². The molecule has 0 atom stereocenters. The highest BCUT2D eigenvalue weighted by Crippen LogP contribution is 2.44. The molecule has 0 aliphatic heterocycles. The van der Waals surface area contributed by atoms with E-state index in [0.717, 1.165) is 99.5 Å². The van der Waals surface area contributed by atoms with Crippen LogP contribution in [-0.4, -0.2) is 19.5 Å². The largest absolute Gasteiger partial charge is 0.456 e. The van der Waals surface area contributed by atoms with Gasteiger partial charge in [0.15, 0.2) is 17.5 Å². The van der Waals surface area contributed by atoms with Gasteiger partial charge in [0.2, 0.25) is 0 Å². The second kappa shape index (κ2) is 15.6. The maximum absolute atomic E-state index is 6.83. The Hall–Kier alpha value is -9.39. The van der Waals surface area contributed by atoms with Gasteiger partial charge in [0.1, 0.15) is 22.3 Å². The van der Waals surface area contributed by atoms with Gasteiger partial charge in [-0.1, -0.05) is 176 Å². The molecule has 4 heterocycles. The predicted octanol–water partition coefficient (Wildman–Crippen LogP) is 16.8. The smallest absolute Gasteiger partial charge is 0.164 e. The Morgan fingerprint density at radius 2 is 0.812 bits per heavy atom. The average Bonchev–Trinajstić information content (AvgIpc) is 4.10. The van der Waals surface area contributed by atoms with Crippen molar-refractivity contribution in [2.45, 2.75) is 0 Å². The Morgan fingerprint density at radius 3 is 1.58 bits per heavy atom. The number of benzene rings is 10. The molecule has 0 amide bonds.